The number of carbonyl (C=O) groups is 2. The van der Waals surface area contributed by atoms with Crippen molar-refractivity contribution in [2.75, 3.05) is 6.61 Å². The number of amides is 1. The van der Waals surface area contributed by atoms with Crippen molar-refractivity contribution in [1.29, 1.82) is 0 Å². The van der Waals surface area contributed by atoms with E-state index in [9.17, 15) is 9.59 Å². The lowest BCUT2D eigenvalue weighted by Gasteiger charge is -2.18. The summed E-state index contributed by atoms with van der Waals surface area (Å²) < 4.78 is 5.16. The molecule has 0 radical (unpaired) electrons. The highest BCUT2D eigenvalue weighted by Crippen LogP contribution is 2.20. The molecule has 4 heteroatoms. The van der Waals surface area contributed by atoms with Gasteiger partial charge in [-0.2, -0.15) is 0 Å². The number of esters is 1. The minimum Gasteiger partial charge on any atom is -0.464 e. The zero-order valence-corrected chi connectivity index (χ0v) is 15.2. The topological polar surface area (TPSA) is 55.4 Å². The lowest BCUT2D eigenvalue weighted by atomic mass is 9.98. The number of ether oxygens (including phenoxy) is 1. The first-order chi connectivity index (χ1) is 12.0. The van der Waals surface area contributed by atoms with E-state index >= 15 is 0 Å². The molecular formula is C21H27NO3. The van der Waals surface area contributed by atoms with E-state index in [1.54, 1.807) is 6.92 Å². The summed E-state index contributed by atoms with van der Waals surface area (Å²) in [5, 5.41) is 5.07. The maximum Gasteiger partial charge on any atom is 0.328 e. The highest BCUT2D eigenvalue weighted by Gasteiger charge is 2.23. The second-order valence-electron chi connectivity index (χ2n) is 6.65. The lowest BCUT2D eigenvalue weighted by molar-refractivity contribution is -0.147. The summed E-state index contributed by atoms with van der Waals surface area (Å²) in [4.78, 5) is 24.5. The average Bonchev–Trinajstić information content (AvgIpc) is 2.60. The molecule has 1 amide bonds. The predicted octanol–water partition coefficient (Wildman–Crippen LogP) is 3.87. The van der Waals surface area contributed by atoms with Crippen LogP contribution in [0.4, 0.5) is 0 Å². The molecule has 0 spiro atoms. The van der Waals surface area contributed by atoms with E-state index in [1.165, 1.54) is 0 Å². The van der Waals surface area contributed by atoms with E-state index in [-0.39, 0.29) is 11.9 Å². The summed E-state index contributed by atoms with van der Waals surface area (Å²) in [7, 11) is 0. The molecule has 0 fully saturated rings. The first-order valence-electron chi connectivity index (χ1n) is 8.94. The summed E-state index contributed by atoms with van der Waals surface area (Å²) in [5.41, 5.74) is 1.03. The molecule has 0 saturated heterocycles. The van der Waals surface area contributed by atoms with E-state index < -0.39 is 6.04 Å². The van der Waals surface area contributed by atoms with Gasteiger partial charge in [0, 0.05) is 12.8 Å². The summed E-state index contributed by atoms with van der Waals surface area (Å²) in [6, 6.07) is 13.4. The number of nitrogens with one attached hydrogen (secondary N) is 1. The van der Waals surface area contributed by atoms with Crippen molar-refractivity contribution in [2.45, 2.75) is 46.1 Å². The molecule has 25 heavy (non-hydrogen) atoms. The molecule has 0 aliphatic rings. The smallest absolute Gasteiger partial charge is 0.328 e. The normalized spacial score (nSPS) is 12.2. The quantitative estimate of drug-likeness (QED) is 0.742. The minimum absolute atomic E-state index is 0.105. The fourth-order valence-electron chi connectivity index (χ4n) is 2.81. The maximum atomic E-state index is 12.3. The van der Waals surface area contributed by atoms with Crippen molar-refractivity contribution < 1.29 is 14.3 Å². The number of hydrogen-bond acceptors (Lipinski definition) is 3. The molecule has 1 atom stereocenters. The summed E-state index contributed by atoms with van der Waals surface area (Å²) in [6.07, 6.45) is 1.65. The van der Waals surface area contributed by atoms with Crippen LogP contribution in [-0.4, -0.2) is 24.5 Å². The molecule has 0 aliphatic heterocycles. The molecule has 0 bridgehead atoms. The Morgan fingerprint density at radius 1 is 1.08 bits per heavy atom. The highest BCUT2D eigenvalue weighted by molar-refractivity contribution is 5.88. The van der Waals surface area contributed by atoms with Crippen molar-refractivity contribution in [3.8, 4) is 0 Å². The Bertz CT molecular complexity index is 719. The first-order valence-corrected chi connectivity index (χ1v) is 8.94. The van der Waals surface area contributed by atoms with Crippen LogP contribution in [0.25, 0.3) is 10.8 Å². The van der Waals surface area contributed by atoms with Gasteiger partial charge in [0.2, 0.25) is 5.91 Å². The molecule has 4 nitrogen and oxygen atoms in total. The molecule has 0 heterocycles. The second-order valence-corrected chi connectivity index (χ2v) is 6.65. The zero-order valence-electron chi connectivity index (χ0n) is 15.2. The molecule has 2 aromatic carbocycles. The average molecular weight is 341 g/mol. The van der Waals surface area contributed by atoms with Crippen LogP contribution in [-0.2, 0) is 20.7 Å². The predicted molar refractivity (Wildman–Crippen MR) is 100 cm³/mol. The monoisotopic (exact) mass is 341 g/mol. The zero-order chi connectivity index (χ0) is 18.2. The van der Waals surface area contributed by atoms with E-state index in [2.05, 4.69) is 19.2 Å². The molecule has 0 unspecified atom stereocenters. The molecule has 134 valence electrons. The molecule has 0 aliphatic carbocycles. The van der Waals surface area contributed by atoms with Crippen molar-refractivity contribution >= 4 is 22.6 Å². The van der Waals surface area contributed by atoms with Crippen LogP contribution in [0.5, 0.6) is 0 Å². The second kappa shape index (κ2) is 9.21. The van der Waals surface area contributed by atoms with Gasteiger partial charge in [-0.1, -0.05) is 56.3 Å². The Labute approximate surface area is 149 Å². The van der Waals surface area contributed by atoms with Gasteiger partial charge in [0.25, 0.3) is 0 Å². The van der Waals surface area contributed by atoms with Gasteiger partial charge in [-0.25, -0.2) is 4.79 Å². The number of rotatable bonds is 8. The Morgan fingerprint density at radius 2 is 1.80 bits per heavy atom. The van der Waals surface area contributed by atoms with Gasteiger partial charge in [-0.05, 0) is 35.6 Å². The van der Waals surface area contributed by atoms with E-state index in [0.29, 0.717) is 25.4 Å². The van der Waals surface area contributed by atoms with Crippen LogP contribution >= 0.6 is 0 Å². The number of benzene rings is 2. The summed E-state index contributed by atoms with van der Waals surface area (Å²) in [6.45, 7) is 6.22. The van der Waals surface area contributed by atoms with Gasteiger partial charge in [0.1, 0.15) is 6.04 Å². The Morgan fingerprint density at radius 3 is 2.52 bits per heavy atom. The summed E-state index contributed by atoms with van der Waals surface area (Å²) >= 11 is 0. The SMILES string of the molecule is CCOC(=O)[C@H](Cc1cccc2ccccc12)NC(=O)CCC(C)C. The van der Waals surface area contributed by atoms with E-state index in [4.69, 9.17) is 4.74 Å². The Kier molecular flexibility index (Phi) is 6.99. The standard InChI is InChI=1S/C21H27NO3/c1-4-25-21(24)19(22-20(23)13-12-15(2)3)14-17-10-7-9-16-8-5-6-11-18(16)17/h5-11,15,19H,4,12-14H2,1-3H3,(H,22,23)/t19-/m0/s1. The third-order valence-electron chi connectivity index (χ3n) is 4.16. The molecule has 0 aromatic heterocycles. The van der Waals surface area contributed by atoms with Gasteiger partial charge in [-0.3, -0.25) is 4.79 Å². The Hall–Kier alpha value is -2.36. The van der Waals surface area contributed by atoms with Crippen molar-refractivity contribution in [2.24, 2.45) is 5.92 Å². The molecule has 2 aromatic rings. The van der Waals surface area contributed by atoms with Crippen LogP contribution < -0.4 is 5.32 Å². The third kappa shape index (κ3) is 5.59. The molecule has 0 saturated carbocycles. The van der Waals surface area contributed by atoms with Crippen molar-refractivity contribution in [3.05, 3.63) is 48.0 Å². The van der Waals surface area contributed by atoms with Crippen LogP contribution in [0.2, 0.25) is 0 Å². The van der Waals surface area contributed by atoms with E-state index in [0.717, 1.165) is 22.8 Å². The summed E-state index contributed by atoms with van der Waals surface area (Å²) in [5.74, 6) is -0.0369. The highest BCUT2D eigenvalue weighted by atomic mass is 16.5. The largest absolute Gasteiger partial charge is 0.464 e. The molecular weight excluding hydrogens is 314 g/mol. The lowest BCUT2D eigenvalue weighted by Crippen LogP contribution is -2.43. The van der Waals surface area contributed by atoms with Gasteiger partial charge in [0.15, 0.2) is 0 Å². The number of hydrogen-bond donors (Lipinski definition) is 1. The van der Waals surface area contributed by atoms with Crippen LogP contribution in [0.1, 0.15) is 39.2 Å². The van der Waals surface area contributed by atoms with Crippen LogP contribution in [0.15, 0.2) is 42.5 Å². The van der Waals surface area contributed by atoms with Gasteiger partial charge >= 0.3 is 5.97 Å². The number of carbonyl (C=O) groups excluding carboxylic acids is 2. The fraction of sp³-hybridized carbons (Fsp3) is 0.429. The van der Waals surface area contributed by atoms with Crippen LogP contribution in [0.3, 0.4) is 0 Å². The van der Waals surface area contributed by atoms with E-state index in [1.807, 2.05) is 42.5 Å². The number of fused-ring (bicyclic) bond motifs is 1. The van der Waals surface area contributed by atoms with Gasteiger partial charge in [-0.15, -0.1) is 0 Å². The van der Waals surface area contributed by atoms with Crippen molar-refractivity contribution in [3.63, 3.8) is 0 Å². The first kappa shape index (κ1) is 19.0. The van der Waals surface area contributed by atoms with Crippen LogP contribution in [0, 0.1) is 5.92 Å². The molecule has 1 N–H and O–H groups in total. The van der Waals surface area contributed by atoms with Gasteiger partial charge < -0.3 is 10.1 Å². The minimum atomic E-state index is -0.662. The Balaban J connectivity index is 2.17. The molecule has 2 rings (SSSR count). The van der Waals surface area contributed by atoms with Gasteiger partial charge in [0.05, 0.1) is 6.61 Å². The maximum absolute atomic E-state index is 12.3. The third-order valence-corrected chi connectivity index (χ3v) is 4.16. The fourth-order valence-corrected chi connectivity index (χ4v) is 2.81. The van der Waals surface area contributed by atoms with Crippen molar-refractivity contribution in [1.82, 2.24) is 5.32 Å².